The first kappa shape index (κ1) is 22.5. The van der Waals surface area contributed by atoms with Crippen LogP contribution in [0.4, 0.5) is 0 Å². The van der Waals surface area contributed by atoms with Gasteiger partial charge in [0.1, 0.15) is 0 Å². The molecule has 1 amide bonds. The van der Waals surface area contributed by atoms with Gasteiger partial charge in [-0.3, -0.25) is 4.79 Å². The molecule has 1 fully saturated rings. The predicted octanol–water partition coefficient (Wildman–Crippen LogP) is 4.24. The smallest absolute Gasteiger partial charge is 0.355 e. The number of hydrogen-bond donors (Lipinski definition) is 2. The molecule has 3 aromatic rings. The summed E-state index contributed by atoms with van der Waals surface area (Å²) in [6, 6.07) is 14.3. The van der Waals surface area contributed by atoms with E-state index in [2.05, 4.69) is 29.2 Å². The maximum absolute atomic E-state index is 12.3. The van der Waals surface area contributed by atoms with Crippen LogP contribution in [0.1, 0.15) is 28.9 Å². The average Bonchev–Trinajstić information content (AvgIpc) is 3.40. The molecule has 6 nitrogen and oxygen atoms in total. The first-order chi connectivity index (χ1) is 15.5. The molecule has 0 spiro atoms. The number of aromatic carboxylic acids is 1. The Bertz CT molecular complexity index is 1140. The summed E-state index contributed by atoms with van der Waals surface area (Å²) < 4.78 is 0.687. The van der Waals surface area contributed by atoms with Crippen LogP contribution in [0.3, 0.4) is 0 Å². The molecule has 0 unspecified atom stereocenters. The van der Waals surface area contributed by atoms with Gasteiger partial charge < -0.3 is 15.1 Å². The van der Waals surface area contributed by atoms with Crippen LogP contribution in [-0.4, -0.2) is 56.4 Å². The third-order valence-corrected chi connectivity index (χ3v) is 7.45. The van der Waals surface area contributed by atoms with Crippen LogP contribution < -0.4 is 0 Å². The zero-order valence-corrected chi connectivity index (χ0v) is 19.0. The Hall–Kier alpha value is -2.68. The summed E-state index contributed by atoms with van der Waals surface area (Å²) in [6.07, 6.45) is 4.87. The fraction of sp³-hybridized carbons (Fsp3) is 0.292. The molecule has 0 saturated carbocycles. The SMILES string of the molecule is O=C(O)c1csc(SCCN2C(=O)CC[C@@H]2/C=C/[C@@H](O)Cc2ccc3ccccc3c2)n1. The highest BCUT2D eigenvalue weighted by molar-refractivity contribution is 8.01. The number of amides is 1. The maximum atomic E-state index is 12.3. The molecule has 1 aliphatic heterocycles. The van der Waals surface area contributed by atoms with E-state index in [-0.39, 0.29) is 17.6 Å². The summed E-state index contributed by atoms with van der Waals surface area (Å²) in [5.41, 5.74) is 1.12. The van der Waals surface area contributed by atoms with E-state index in [9.17, 15) is 14.7 Å². The fourth-order valence-electron chi connectivity index (χ4n) is 3.83. The van der Waals surface area contributed by atoms with Gasteiger partial charge in [0, 0.05) is 30.5 Å². The predicted molar refractivity (Wildman–Crippen MR) is 127 cm³/mol. The highest BCUT2D eigenvalue weighted by Gasteiger charge is 2.28. The number of carbonyl (C=O) groups is 2. The number of nitrogens with zero attached hydrogens (tertiary/aromatic N) is 2. The Labute approximate surface area is 194 Å². The number of carbonyl (C=O) groups excluding carboxylic acids is 1. The Morgan fingerprint density at radius 3 is 2.88 bits per heavy atom. The van der Waals surface area contributed by atoms with Gasteiger partial charge in [0.15, 0.2) is 10.0 Å². The second-order valence-corrected chi connectivity index (χ2v) is 9.88. The molecule has 2 atom stereocenters. The van der Waals surface area contributed by atoms with E-state index in [1.54, 1.807) is 6.08 Å². The lowest BCUT2D eigenvalue weighted by molar-refractivity contribution is -0.128. The van der Waals surface area contributed by atoms with Crippen molar-refractivity contribution in [2.45, 2.75) is 35.7 Å². The number of likely N-dealkylation sites (tertiary alicyclic amines) is 1. The zero-order valence-electron chi connectivity index (χ0n) is 17.4. The molecular formula is C24H24N2O4S2. The molecule has 4 rings (SSSR count). The Morgan fingerprint density at radius 2 is 2.09 bits per heavy atom. The number of aliphatic hydroxyl groups excluding tert-OH is 1. The van der Waals surface area contributed by atoms with Gasteiger partial charge in [0.2, 0.25) is 5.91 Å². The van der Waals surface area contributed by atoms with Crippen molar-refractivity contribution in [2.24, 2.45) is 0 Å². The molecule has 0 bridgehead atoms. The van der Waals surface area contributed by atoms with Gasteiger partial charge in [0.25, 0.3) is 0 Å². The Kier molecular flexibility index (Phi) is 7.24. The van der Waals surface area contributed by atoms with E-state index in [0.717, 1.165) is 17.4 Å². The monoisotopic (exact) mass is 468 g/mol. The van der Waals surface area contributed by atoms with Crippen molar-refractivity contribution in [3.05, 3.63) is 71.3 Å². The Morgan fingerprint density at radius 1 is 1.28 bits per heavy atom. The van der Waals surface area contributed by atoms with Gasteiger partial charge in [0.05, 0.1) is 12.1 Å². The topological polar surface area (TPSA) is 90.7 Å². The highest BCUT2D eigenvalue weighted by atomic mass is 32.2. The van der Waals surface area contributed by atoms with Crippen LogP contribution in [-0.2, 0) is 11.2 Å². The summed E-state index contributed by atoms with van der Waals surface area (Å²) in [4.78, 5) is 29.1. The summed E-state index contributed by atoms with van der Waals surface area (Å²) in [5.74, 6) is -0.285. The molecule has 1 aromatic heterocycles. The van der Waals surface area contributed by atoms with E-state index in [1.807, 2.05) is 29.2 Å². The first-order valence-corrected chi connectivity index (χ1v) is 12.3. The van der Waals surface area contributed by atoms with Gasteiger partial charge in [-0.05, 0) is 22.8 Å². The molecule has 1 aliphatic rings. The number of fused-ring (bicyclic) bond motifs is 1. The maximum Gasteiger partial charge on any atom is 0.355 e. The lowest BCUT2D eigenvalue weighted by atomic mass is 10.0. The number of aliphatic hydroxyl groups is 1. The van der Waals surface area contributed by atoms with Gasteiger partial charge in [-0.2, -0.15) is 0 Å². The molecular weight excluding hydrogens is 444 g/mol. The van der Waals surface area contributed by atoms with E-state index >= 15 is 0 Å². The van der Waals surface area contributed by atoms with Crippen LogP contribution in [0.25, 0.3) is 10.8 Å². The van der Waals surface area contributed by atoms with Crippen molar-refractivity contribution < 1.29 is 19.8 Å². The second-order valence-electron chi connectivity index (χ2n) is 7.68. The third-order valence-electron chi connectivity index (χ3n) is 5.45. The number of aromatic nitrogens is 1. The lowest BCUT2D eigenvalue weighted by Gasteiger charge is -2.22. The fourth-order valence-corrected chi connectivity index (χ4v) is 5.64. The number of rotatable bonds is 9. The molecule has 32 heavy (non-hydrogen) atoms. The van der Waals surface area contributed by atoms with Gasteiger partial charge >= 0.3 is 5.97 Å². The van der Waals surface area contributed by atoms with Crippen LogP contribution in [0, 0.1) is 0 Å². The first-order valence-electron chi connectivity index (χ1n) is 10.4. The van der Waals surface area contributed by atoms with Gasteiger partial charge in [-0.15, -0.1) is 11.3 Å². The van der Waals surface area contributed by atoms with E-state index in [0.29, 0.717) is 29.5 Å². The molecule has 0 aliphatic carbocycles. The number of carboxylic acid groups (broad SMARTS) is 1. The molecule has 2 aromatic carbocycles. The van der Waals surface area contributed by atoms with Crippen molar-refractivity contribution in [3.63, 3.8) is 0 Å². The van der Waals surface area contributed by atoms with Crippen molar-refractivity contribution in [3.8, 4) is 0 Å². The minimum absolute atomic E-state index is 0.0276. The Balaban J connectivity index is 1.31. The summed E-state index contributed by atoms with van der Waals surface area (Å²) in [7, 11) is 0. The van der Waals surface area contributed by atoms with Crippen LogP contribution in [0.5, 0.6) is 0 Å². The van der Waals surface area contributed by atoms with Gasteiger partial charge in [-0.1, -0.05) is 66.4 Å². The lowest BCUT2D eigenvalue weighted by Crippen LogP contribution is -2.33. The van der Waals surface area contributed by atoms with E-state index in [4.69, 9.17) is 5.11 Å². The molecule has 0 radical (unpaired) electrons. The quantitative estimate of drug-likeness (QED) is 0.361. The van der Waals surface area contributed by atoms with Crippen molar-refractivity contribution in [2.75, 3.05) is 12.3 Å². The van der Waals surface area contributed by atoms with Crippen molar-refractivity contribution >= 4 is 45.7 Å². The van der Waals surface area contributed by atoms with Crippen LogP contribution in [0.2, 0.25) is 0 Å². The largest absolute Gasteiger partial charge is 0.476 e. The van der Waals surface area contributed by atoms with Crippen molar-refractivity contribution in [1.29, 1.82) is 0 Å². The standard InChI is InChI=1S/C24H24N2O4S2/c27-20(14-16-5-6-17-3-1-2-4-18(17)13-16)9-7-19-8-10-22(28)26(19)11-12-31-24-25-21(15-32-24)23(29)30/h1-7,9,13,15,19-20,27H,8,10-12,14H2,(H,29,30)/b9-7+/t19-,20+/m0/s1. The molecule has 1 saturated heterocycles. The highest BCUT2D eigenvalue weighted by Crippen LogP contribution is 2.25. The minimum Gasteiger partial charge on any atom is -0.476 e. The summed E-state index contributed by atoms with van der Waals surface area (Å²) in [5, 5.41) is 23.3. The summed E-state index contributed by atoms with van der Waals surface area (Å²) >= 11 is 2.75. The number of hydrogen-bond acceptors (Lipinski definition) is 6. The zero-order chi connectivity index (χ0) is 22.5. The molecule has 166 valence electrons. The van der Waals surface area contributed by atoms with Crippen LogP contribution in [0.15, 0.2) is 64.3 Å². The third kappa shape index (κ3) is 5.56. The minimum atomic E-state index is -1.03. The van der Waals surface area contributed by atoms with Crippen molar-refractivity contribution in [1.82, 2.24) is 9.88 Å². The van der Waals surface area contributed by atoms with E-state index < -0.39 is 12.1 Å². The second kappa shape index (κ2) is 10.3. The summed E-state index contributed by atoms with van der Waals surface area (Å²) in [6.45, 7) is 0.557. The van der Waals surface area contributed by atoms with E-state index in [1.165, 1.54) is 33.9 Å². The molecule has 2 heterocycles. The van der Waals surface area contributed by atoms with Crippen LogP contribution >= 0.6 is 23.1 Å². The number of benzene rings is 2. The average molecular weight is 469 g/mol. The molecule has 8 heteroatoms. The number of thioether (sulfide) groups is 1. The van der Waals surface area contributed by atoms with Gasteiger partial charge in [-0.25, -0.2) is 9.78 Å². The normalized spacial score (nSPS) is 17.5. The molecule has 2 N–H and O–H groups in total. The number of carboxylic acids is 1. The number of thiazole rings is 1.